The zero-order chi connectivity index (χ0) is 7.73. The number of anilines is 1. The number of nitrogens with one attached hydrogen (secondary N) is 2. The molecule has 0 atom stereocenters. The first-order valence-corrected chi connectivity index (χ1v) is 3.94. The molecule has 1 saturated carbocycles. The molecule has 0 amide bonds. The lowest BCUT2D eigenvalue weighted by atomic mass is 10.3. The van der Waals surface area contributed by atoms with Crippen LogP contribution in [0.1, 0.15) is 12.8 Å². The maximum atomic E-state index is 5.89. The van der Waals surface area contributed by atoms with Crippen molar-refractivity contribution in [1.82, 2.24) is 4.98 Å². The maximum Gasteiger partial charge on any atom is 0.0518 e. The van der Waals surface area contributed by atoms with Gasteiger partial charge < -0.3 is 16.0 Å². The van der Waals surface area contributed by atoms with Gasteiger partial charge in [-0.05, 0) is 18.9 Å². The second-order valence-electron chi connectivity index (χ2n) is 3.32. The van der Waals surface area contributed by atoms with Gasteiger partial charge in [-0.2, -0.15) is 0 Å². The monoisotopic (exact) mass is 151 g/mol. The Morgan fingerprint density at radius 1 is 1.64 bits per heavy atom. The molecule has 3 nitrogen and oxygen atoms in total. The molecule has 1 aromatic heterocycles. The van der Waals surface area contributed by atoms with E-state index in [0.29, 0.717) is 0 Å². The van der Waals surface area contributed by atoms with E-state index in [-0.39, 0.29) is 5.54 Å². The van der Waals surface area contributed by atoms with Gasteiger partial charge in [0.05, 0.1) is 5.69 Å². The first-order chi connectivity index (χ1) is 5.29. The van der Waals surface area contributed by atoms with Gasteiger partial charge in [0.25, 0.3) is 0 Å². The fourth-order valence-corrected chi connectivity index (χ4v) is 1.05. The Morgan fingerprint density at radius 3 is 3.00 bits per heavy atom. The fraction of sp³-hybridized carbons (Fsp3) is 0.500. The Morgan fingerprint density at radius 2 is 2.45 bits per heavy atom. The van der Waals surface area contributed by atoms with Crippen molar-refractivity contribution in [1.29, 1.82) is 0 Å². The van der Waals surface area contributed by atoms with Crippen LogP contribution in [-0.4, -0.2) is 17.1 Å². The quantitative estimate of drug-likeness (QED) is 0.601. The number of aromatic nitrogens is 1. The van der Waals surface area contributed by atoms with Gasteiger partial charge in [-0.1, -0.05) is 0 Å². The van der Waals surface area contributed by atoms with Gasteiger partial charge in [-0.15, -0.1) is 0 Å². The number of nitrogens with two attached hydrogens (primary N) is 1. The van der Waals surface area contributed by atoms with Crippen LogP contribution in [0.5, 0.6) is 0 Å². The molecule has 1 fully saturated rings. The summed E-state index contributed by atoms with van der Waals surface area (Å²) < 4.78 is 0. The lowest BCUT2D eigenvalue weighted by Crippen LogP contribution is -2.30. The summed E-state index contributed by atoms with van der Waals surface area (Å²) in [6.07, 6.45) is 6.15. The van der Waals surface area contributed by atoms with Gasteiger partial charge in [-0.25, -0.2) is 0 Å². The molecule has 2 rings (SSSR count). The predicted molar refractivity (Wildman–Crippen MR) is 45.4 cm³/mol. The largest absolute Gasteiger partial charge is 0.382 e. The van der Waals surface area contributed by atoms with Crippen molar-refractivity contribution in [3.63, 3.8) is 0 Å². The highest BCUT2D eigenvalue weighted by atomic mass is 15.0. The Bertz CT molecular complexity index is 223. The van der Waals surface area contributed by atoms with Crippen molar-refractivity contribution in [3.05, 3.63) is 18.5 Å². The van der Waals surface area contributed by atoms with Crippen molar-refractivity contribution in [2.45, 2.75) is 18.4 Å². The average Bonchev–Trinajstić information content (AvgIpc) is 2.53. The summed E-state index contributed by atoms with van der Waals surface area (Å²) in [5.74, 6) is 0. The SMILES string of the molecule is NC1(CNc2cc[nH]c2)CC1. The zero-order valence-corrected chi connectivity index (χ0v) is 6.43. The molecule has 1 heterocycles. The molecule has 0 unspecified atom stereocenters. The smallest absolute Gasteiger partial charge is 0.0518 e. The van der Waals surface area contributed by atoms with Gasteiger partial charge in [0.1, 0.15) is 0 Å². The highest BCUT2D eigenvalue weighted by Gasteiger charge is 2.37. The van der Waals surface area contributed by atoms with Gasteiger partial charge in [0, 0.05) is 24.5 Å². The summed E-state index contributed by atoms with van der Waals surface area (Å²) in [6.45, 7) is 0.894. The number of hydrogen-bond acceptors (Lipinski definition) is 2. The second-order valence-corrected chi connectivity index (χ2v) is 3.32. The fourth-order valence-electron chi connectivity index (χ4n) is 1.05. The topological polar surface area (TPSA) is 53.8 Å². The third-order valence-corrected chi connectivity index (χ3v) is 2.13. The molecule has 3 heteroatoms. The van der Waals surface area contributed by atoms with Crippen molar-refractivity contribution in [3.8, 4) is 0 Å². The van der Waals surface area contributed by atoms with Crippen LogP contribution < -0.4 is 11.1 Å². The van der Waals surface area contributed by atoms with E-state index >= 15 is 0 Å². The molecule has 0 spiro atoms. The van der Waals surface area contributed by atoms with Crippen LogP contribution in [0.4, 0.5) is 5.69 Å². The summed E-state index contributed by atoms with van der Waals surface area (Å²) in [7, 11) is 0. The van der Waals surface area contributed by atoms with Crippen LogP contribution in [0.2, 0.25) is 0 Å². The second kappa shape index (κ2) is 2.27. The van der Waals surface area contributed by atoms with Crippen molar-refractivity contribution < 1.29 is 0 Å². The first kappa shape index (κ1) is 6.73. The number of rotatable bonds is 3. The summed E-state index contributed by atoms with van der Waals surface area (Å²) in [6, 6.07) is 2.01. The lowest BCUT2D eigenvalue weighted by Gasteiger charge is -2.08. The van der Waals surface area contributed by atoms with Crippen molar-refractivity contribution in [2.24, 2.45) is 5.73 Å². The van der Waals surface area contributed by atoms with E-state index in [1.54, 1.807) is 0 Å². The van der Waals surface area contributed by atoms with Crippen molar-refractivity contribution >= 4 is 5.69 Å². The average molecular weight is 151 g/mol. The zero-order valence-electron chi connectivity index (χ0n) is 6.43. The molecular formula is C8H13N3. The number of H-pyrrole nitrogens is 1. The molecule has 1 aromatic rings. The maximum absolute atomic E-state index is 5.89. The van der Waals surface area contributed by atoms with Crippen LogP contribution in [0.25, 0.3) is 0 Å². The molecule has 0 aliphatic heterocycles. The molecule has 0 saturated heterocycles. The summed E-state index contributed by atoms with van der Waals surface area (Å²) in [4.78, 5) is 2.98. The van der Waals surface area contributed by atoms with Crippen LogP contribution >= 0.6 is 0 Å². The summed E-state index contributed by atoms with van der Waals surface area (Å²) in [5.41, 5.74) is 7.11. The number of hydrogen-bond donors (Lipinski definition) is 3. The normalized spacial score (nSPS) is 19.7. The summed E-state index contributed by atoms with van der Waals surface area (Å²) >= 11 is 0. The van der Waals surface area contributed by atoms with Crippen molar-refractivity contribution in [2.75, 3.05) is 11.9 Å². The first-order valence-electron chi connectivity index (χ1n) is 3.94. The highest BCUT2D eigenvalue weighted by Crippen LogP contribution is 2.31. The Hall–Kier alpha value is -0.960. The van der Waals surface area contributed by atoms with E-state index in [4.69, 9.17) is 5.73 Å². The van der Waals surface area contributed by atoms with Crippen LogP contribution in [0.15, 0.2) is 18.5 Å². The van der Waals surface area contributed by atoms with E-state index in [0.717, 1.165) is 25.1 Å². The van der Waals surface area contributed by atoms with E-state index in [1.807, 2.05) is 18.5 Å². The Labute approximate surface area is 66.0 Å². The third kappa shape index (κ3) is 1.54. The minimum atomic E-state index is 0.0945. The van der Waals surface area contributed by atoms with Gasteiger partial charge in [0.2, 0.25) is 0 Å². The molecule has 11 heavy (non-hydrogen) atoms. The van der Waals surface area contributed by atoms with Gasteiger partial charge in [-0.3, -0.25) is 0 Å². The Balaban J connectivity index is 1.83. The minimum Gasteiger partial charge on any atom is -0.382 e. The van der Waals surface area contributed by atoms with E-state index in [2.05, 4.69) is 10.3 Å². The summed E-state index contributed by atoms with van der Waals surface area (Å²) in [5, 5.41) is 3.27. The molecule has 1 aliphatic carbocycles. The van der Waals surface area contributed by atoms with E-state index in [1.165, 1.54) is 0 Å². The Kier molecular flexibility index (Phi) is 1.39. The van der Waals surface area contributed by atoms with E-state index < -0.39 is 0 Å². The van der Waals surface area contributed by atoms with Crippen LogP contribution in [0.3, 0.4) is 0 Å². The van der Waals surface area contributed by atoms with Crippen LogP contribution in [0, 0.1) is 0 Å². The van der Waals surface area contributed by atoms with Crippen LogP contribution in [-0.2, 0) is 0 Å². The molecule has 0 radical (unpaired) electrons. The van der Waals surface area contributed by atoms with Gasteiger partial charge in [0.15, 0.2) is 0 Å². The highest BCUT2D eigenvalue weighted by molar-refractivity contribution is 5.41. The molecule has 4 N–H and O–H groups in total. The molecule has 0 bridgehead atoms. The predicted octanol–water partition coefficient (Wildman–Crippen LogP) is 0.918. The molecular weight excluding hydrogens is 138 g/mol. The lowest BCUT2D eigenvalue weighted by molar-refractivity contribution is 0.713. The molecule has 1 aliphatic rings. The number of aromatic amines is 1. The molecule has 0 aromatic carbocycles. The van der Waals surface area contributed by atoms with Gasteiger partial charge >= 0.3 is 0 Å². The molecule has 60 valence electrons. The standard InChI is InChI=1S/C8H13N3/c9-8(2-3-8)6-11-7-1-4-10-5-7/h1,4-5,10-11H,2-3,6,9H2. The van der Waals surface area contributed by atoms with E-state index in [9.17, 15) is 0 Å². The minimum absolute atomic E-state index is 0.0945. The third-order valence-electron chi connectivity index (χ3n) is 2.13.